The number of esters is 1. The van der Waals surface area contributed by atoms with E-state index < -0.39 is 5.97 Å². The second-order valence-electron chi connectivity index (χ2n) is 1.72. The molecule has 56 valence electrons. The smallest absolute Gasteiger partial charge is 0.357 e. The predicted molar refractivity (Wildman–Crippen MR) is 34.6 cm³/mol. The van der Waals surface area contributed by atoms with Crippen LogP contribution < -0.4 is 0 Å². The molecule has 5 nitrogen and oxygen atoms in total. The Hall–Kier alpha value is -1.83. The topological polar surface area (TPSA) is 67.9 Å². The van der Waals surface area contributed by atoms with Gasteiger partial charge in [0.15, 0.2) is 5.69 Å². The van der Waals surface area contributed by atoms with E-state index in [9.17, 15) is 4.79 Å². The molecular formula is C6H5N3O2. The van der Waals surface area contributed by atoms with Crippen molar-refractivity contribution in [2.45, 2.75) is 0 Å². The molecule has 11 heavy (non-hydrogen) atoms. The second-order valence-corrected chi connectivity index (χ2v) is 1.72. The summed E-state index contributed by atoms with van der Waals surface area (Å²) in [5.41, 5.74) is 0.134. The highest BCUT2D eigenvalue weighted by Gasteiger charge is 2.10. The number of nitriles is 1. The van der Waals surface area contributed by atoms with Gasteiger partial charge >= 0.3 is 5.97 Å². The minimum Gasteiger partial charge on any atom is -0.464 e. The summed E-state index contributed by atoms with van der Waals surface area (Å²) < 4.78 is 5.28. The SMILES string of the molecule is COC(=O)c1ccnn1C#N. The first-order valence-corrected chi connectivity index (χ1v) is 2.82. The molecule has 0 saturated heterocycles. The fourth-order valence-corrected chi connectivity index (χ4v) is 0.642. The number of ether oxygens (including phenoxy) is 1. The molecule has 0 unspecified atom stereocenters. The van der Waals surface area contributed by atoms with E-state index >= 15 is 0 Å². The van der Waals surface area contributed by atoms with E-state index in [0.29, 0.717) is 0 Å². The van der Waals surface area contributed by atoms with Crippen molar-refractivity contribution < 1.29 is 9.53 Å². The van der Waals surface area contributed by atoms with Crippen molar-refractivity contribution in [1.29, 1.82) is 5.26 Å². The summed E-state index contributed by atoms with van der Waals surface area (Å²) in [6.07, 6.45) is 3.05. The minimum atomic E-state index is -0.566. The van der Waals surface area contributed by atoms with Gasteiger partial charge in [0.1, 0.15) is 0 Å². The Bertz CT molecular complexity index is 310. The molecule has 0 aliphatic carbocycles. The van der Waals surface area contributed by atoms with Gasteiger partial charge in [0, 0.05) is 0 Å². The standard InChI is InChI=1S/C6H5N3O2/c1-11-6(10)5-2-3-8-9(5)4-7/h2-3H,1H3. The highest BCUT2D eigenvalue weighted by atomic mass is 16.5. The molecule has 0 bridgehead atoms. The van der Waals surface area contributed by atoms with Gasteiger partial charge in [-0.1, -0.05) is 0 Å². The van der Waals surface area contributed by atoms with Gasteiger partial charge < -0.3 is 4.74 Å². The summed E-state index contributed by atoms with van der Waals surface area (Å²) in [6.45, 7) is 0. The molecule has 0 fully saturated rings. The number of aromatic nitrogens is 2. The number of carbonyl (C=O) groups excluding carboxylic acids is 1. The van der Waals surface area contributed by atoms with E-state index in [1.165, 1.54) is 19.4 Å². The van der Waals surface area contributed by atoms with Crippen LogP contribution >= 0.6 is 0 Å². The maximum Gasteiger partial charge on any atom is 0.357 e. The molecular weight excluding hydrogens is 146 g/mol. The van der Waals surface area contributed by atoms with Gasteiger partial charge in [-0.2, -0.15) is 15.0 Å². The summed E-state index contributed by atoms with van der Waals surface area (Å²) in [5, 5.41) is 12.0. The number of hydrogen-bond donors (Lipinski definition) is 0. The van der Waals surface area contributed by atoms with Crippen LogP contribution in [0.25, 0.3) is 0 Å². The zero-order chi connectivity index (χ0) is 8.27. The van der Waals surface area contributed by atoms with Crippen LogP contribution in [0.1, 0.15) is 10.5 Å². The second kappa shape index (κ2) is 2.84. The monoisotopic (exact) mass is 151 g/mol. The molecule has 0 radical (unpaired) electrons. The molecule has 1 heterocycles. The maximum atomic E-state index is 10.8. The van der Waals surface area contributed by atoms with Crippen molar-refractivity contribution in [2.24, 2.45) is 0 Å². The number of rotatable bonds is 1. The molecule has 0 aliphatic heterocycles. The summed E-state index contributed by atoms with van der Waals surface area (Å²) in [6, 6.07) is 1.41. The Morgan fingerprint density at radius 2 is 2.64 bits per heavy atom. The van der Waals surface area contributed by atoms with Crippen molar-refractivity contribution in [2.75, 3.05) is 7.11 Å². The van der Waals surface area contributed by atoms with Crippen molar-refractivity contribution in [3.63, 3.8) is 0 Å². The summed E-state index contributed by atoms with van der Waals surface area (Å²) in [7, 11) is 1.25. The molecule has 0 aliphatic rings. The number of carbonyl (C=O) groups is 1. The molecule has 1 aromatic rings. The van der Waals surface area contributed by atoms with Gasteiger partial charge in [0.25, 0.3) is 0 Å². The van der Waals surface area contributed by atoms with Gasteiger partial charge in [0.05, 0.1) is 13.3 Å². The first-order chi connectivity index (χ1) is 5.29. The van der Waals surface area contributed by atoms with Crippen molar-refractivity contribution in [3.05, 3.63) is 18.0 Å². The van der Waals surface area contributed by atoms with E-state index in [1.54, 1.807) is 6.19 Å². The van der Waals surface area contributed by atoms with E-state index in [-0.39, 0.29) is 5.69 Å². The Morgan fingerprint density at radius 3 is 3.18 bits per heavy atom. The Balaban J connectivity index is 3.05. The number of methoxy groups -OCH3 is 1. The third kappa shape index (κ3) is 1.19. The molecule has 0 amide bonds. The lowest BCUT2D eigenvalue weighted by molar-refractivity contribution is 0.0590. The summed E-state index contributed by atoms with van der Waals surface area (Å²) >= 11 is 0. The van der Waals surface area contributed by atoms with Crippen LogP contribution in [-0.2, 0) is 4.74 Å². The lowest BCUT2D eigenvalue weighted by Crippen LogP contribution is -2.07. The first kappa shape index (κ1) is 7.28. The van der Waals surface area contributed by atoms with Crippen molar-refractivity contribution >= 4 is 5.97 Å². The average molecular weight is 151 g/mol. The van der Waals surface area contributed by atoms with Crippen LogP contribution in [0, 0.1) is 11.5 Å². The van der Waals surface area contributed by atoms with Crippen LogP contribution in [-0.4, -0.2) is 22.9 Å². The zero-order valence-electron chi connectivity index (χ0n) is 5.81. The summed E-state index contributed by atoms with van der Waals surface area (Å²) in [5.74, 6) is -0.566. The van der Waals surface area contributed by atoms with Crippen LogP contribution in [0.4, 0.5) is 0 Å². The fraction of sp³-hybridized carbons (Fsp3) is 0.167. The van der Waals surface area contributed by atoms with E-state index in [1.807, 2.05) is 0 Å². The Kier molecular flexibility index (Phi) is 1.88. The third-order valence-electron chi connectivity index (χ3n) is 1.13. The highest BCUT2D eigenvalue weighted by Crippen LogP contribution is 1.97. The van der Waals surface area contributed by atoms with Gasteiger partial charge in [0.2, 0.25) is 6.19 Å². The third-order valence-corrected chi connectivity index (χ3v) is 1.13. The molecule has 1 rings (SSSR count). The van der Waals surface area contributed by atoms with Gasteiger partial charge in [-0.15, -0.1) is 0 Å². The van der Waals surface area contributed by atoms with Crippen LogP contribution in [0.15, 0.2) is 12.3 Å². The first-order valence-electron chi connectivity index (χ1n) is 2.82. The van der Waals surface area contributed by atoms with Crippen LogP contribution in [0.2, 0.25) is 0 Å². The fourth-order valence-electron chi connectivity index (χ4n) is 0.642. The van der Waals surface area contributed by atoms with Crippen molar-refractivity contribution in [3.8, 4) is 6.19 Å². The Morgan fingerprint density at radius 1 is 1.91 bits per heavy atom. The van der Waals surface area contributed by atoms with Gasteiger partial charge in [-0.05, 0) is 6.07 Å². The molecule has 0 aromatic carbocycles. The summed E-state index contributed by atoms with van der Waals surface area (Å²) in [4.78, 5) is 10.8. The molecule has 1 aromatic heterocycles. The zero-order valence-corrected chi connectivity index (χ0v) is 5.81. The molecule has 0 N–H and O–H groups in total. The van der Waals surface area contributed by atoms with E-state index in [0.717, 1.165) is 4.68 Å². The number of nitrogens with zero attached hydrogens (tertiary/aromatic N) is 3. The highest BCUT2D eigenvalue weighted by molar-refractivity contribution is 5.87. The Labute approximate surface area is 62.8 Å². The van der Waals surface area contributed by atoms with Gasteiger partial charge in [-0.25, -0.2) is 4.79 Å². The van der Waals surface area contributed by atoms with Crippen LogP contribution in [0.3, 0.4) is 0 Å². The van der Waals surface area contributed by atoms with E-state index in [2.05, 4.69) is 9.84 Å². The van der Waals surface area contributed by atoms with Gasteiger partial charge in [-0.3, -0.25) is 0 Å². The van der Waals surface area contributed by atoms with E-state index in [4.69, 9.17) is 5.26 Å². The largest absolute Gasteiger partial charge is 0.464 e. The molecule has 0 spiro atoms. The lowest BCUT2D eigenvalue weighted by atomic mass is 10.4. The quantitative estimate of drug-likeness (QED) is 0.530. The van der Waals surface area contributed by atoms with Crippen molar-refractivity contribution in [1.82, 2.24) is 9.78 Å². The minimum absolute atomic E-state index is 0.134. The molecule has 5 heteroatoms. The molecule has 0 atom stereocenters. The normalized spacial score (nSPS) is 8.73. The lowest BCUT2D eigenvalue weighted by Gasteiger charge is -1.94. The predicted octanol–water partition coefficient (Wildman–Crippen LogP) is -0.00112. The number of hydrogen-bond acceptors (Lipinski definition) is 4. The molecule has 0 saturated carbocycles. The maximum absolute atomic E-state index is 10.8. The average Bonchev–Trinajstić information content (AvgIpc) is 2.50. The van der Waals surface area contributed by atoms with Crippen LogP contribution in [0.5, 0.6) is 0 Å².